The van der Waals surface area contributed by atoms with Gasteiger partial charge in [0.2, 0.25) is 0 Å². The lowest BCUT2D eigenvalue weighted by atomic mass is 9.86. The highest BCUT2D eigenvalue weighted by molar-refractivity contribution is 6.21. The average molecular weight is 294 g/mol. The molecule has 0 radical (unpaired) electrons. The fourth-order valence-corrected chi connectivity index (χ4v) is 2.22. The molecule has 21 heavy (non-hydrogen) atoms. The second kappa shape index (κ2) is 6.96. The van der Waals surface area contributed by atoms with Gasteiger partial charge < -0.3 is 19.7 Å². The second-order valence-electron chi connectivity index (χ2n) is 5.69. The lowest BCUT2D eigenvalue weighted by Crippen LogP contribution is -2.45. The first-order valence-electron chi connectivity index (χ1n) is 6.86. The summed E-state index contributed by atoms with van der Waals surface area (Å²) in [5.41, 5.74) is 2.44. The van der Waals surface area contributed by atoms with Crippen molar-refractivity contribution in [3.63, 3.8) is 0 Å². The highest BCUT2D eigenvalue weighted by atomic mass is 16.6. The largest absolute Gasteiger partial charge is 0.485 e. The van der Waals surface area contributed by atoms with Crippen LogP contribution in [-0.4, -0.2) is 48.9 Å². The third kappa shape index (κ3) is 3.98. The van der Waals surface area contributed by atoms with Crippen LogP contribution in [0.15, 0.2) is 34.5 Å². The van der Waals surface area contributed by atoms with Gasteiger partial charge in [0.05, 0.1) is 0 Å². The van der Waals surface area contributed by atoms with Crippen LogP contribution >= 0.6 is 0 Å². The summed E-state index contributed by atoms with van der Waals surface area (Å²) in [4.78, 5) is 11.5. The van der Waals surface area contributed by atoms with E-state index in [9.17, 15) is 15.0 Å². The normalized spacial score (nSPS) is 27.7. The number of rotatable bonds is 3. The van der Waals surface area contributed by atoms with Crippen LogP contribution in [0.5, 0.6) is 0 Å². The van der Waals surface area contributed by atoms with Crippen molar-refractivity contribution in [2.75, 3.05) is 6.61 Å². The zero-order valence-corrected chi connectivity index (χ0v) is 13.3. The van der Waals surface area contributed by atoms with E-state index in [-0.39, 0.29) is 6.61 Å². The van der Waals surface area contributed by atoms with Gasteiger partial charge in [-0.25, -0.2) is 4.79 Å². The first kappa shape index (κ1) is 17.5. The van der Waals surface area contributed by atoms with Gasteiger partial charge in [0.25, 0.3) is 0 Å². The summed E-state index contributed by atoms with van der Waals surface area (Å²) in [6.07, 6.45) is -2.78. The Balaban J connectivity index is 3.03. The molecule has 1 saturated heterocycles. The van der Waals surface area contributed by atoms with E-state index in [1.807, 2.05) is 13.8 Å². The van der Waals surface area contributed by atoms with Gasteiger partial charge in [-0.05, 0) is 27.7 Å². The number of aliphatic hydroxyl groups excluding tert-OH is 2. The Labute approximate surface area is 126 Å². The Morgan fingerprint density at radius 2 is 1.86 bits per heavy atom. The second-order valence-corrected chi connectivity index (χ2v) is 5.69. The zero-order valence-electron chi connectivity index (χ0n) is 13.3. The third-order valence-corrected chi connectivity index (χ3v) is 3.29. The first-order valence-corrected chi connectivity index (χ1v) is 6.86. The lowest BCUT2D eigenvalue weighted by Gasteiger charge is -2.37. The Hall–Kier alpha value is -1.53. The van der Waals surface area contributed by atoms with Crippen molar-refractivity contribution in [2.24, 2.45) is 0 Å². The van der Waals surface area contributed by atoms with E-state index in [4.69, 9.17) is 9.47 Å². The van der Waals surface area contributed by atoms with Gasteiger partial charge in [-0.3, -0.25) is 0 Å². The molecule has 116 valence electrons. The maximum absolute atomic E-state index is 11.5. The van der Waals surface area contributed by atoms with Gasteiger partial charge in [0.1, 0.15) is 32.4 Å². The molecule has 1 fully saturated rings. The first-order chi connectivity index (χ1) is 9.66. The molecule has 5 nitrogen and oxygen atoms in total. The predicted octanol–water partition coefficient (Wildman–Crippen LogP) is 0.427. The van der Waals surface area contributed by atoms with Gasteiger partial charge in [-0.2, -0.15) is 0 Å². The Bertz CT molecular complexity index is 498. The quantitative estimate of drug-likeness (QED) is 0.342. The van der Waals surface area contributed by atoms with Crippen molar-refractivity contribution in [3.05, 3.63) is 34.5 Å². The summed E-state index contributed by atoms with van der Waals surface area (Å²) in [7, 11) is 1.79. The third-order valence-electron chi connectivity index (χ3n) is 3.29. The minimum atomic E-state index is -1.10. The number of ether oxygens (including phenoxy) is 2. The SMILES string of the molecule is B/C(C)=C1/OC(COC(=O)C(=C)C)C(=C(C)C)C(O)C1O. The molecule has 0 aliphatic carbocycles. The molecule has 0 aromatic heterocycles. The molecule has 1 heterocycles. The Morgan fingerprint density at radius 1 is 1.29 bits per heavy atom. The van der Waals surface area contributed by atoms with Crippen LogP contribution in [0.1, 0.15) is 27.7 Å². The molecule has 3 unspecified atom stereocenters. The van der Waals surface area contributed by atoms with Crippen molar-refractivity contribution in [2.45, 2.75) is 46.0 Å². The predicted molar refractivity (Wildman–Crippen MR) is 82.3 cm³/mol. The fourth-order valence-electron chi connectivity index (χ4n) is 2.22. The molecular formula is C15H23BO5. The molecular weight excluding hydrogens is 271 g/mol. The molecule has 0 aromatic rings. The van der Waals surface area contributed by atoms with Crippen LogP contribution in [0.25, 0.3) is 0 Å². The minimum absolute atomic E-state index is 0.0350. The molecule has 6 heteroatoms. The van der Waals surface area contributed by atoms with E-state index >= 15 is 0 Å². The number of carbonyl (C=O) groups is 1. The number of aliphatic hydroxyl groups is 2. The number of hydrogen-bond donors (Lipinski definition) is 2. The monoisotopic (exact) mass is 294 g/mol. The maximum atomic E-state index is 11.5. The number of carbonyl (C=O) groups excluding carboxylic acids is 1. The van der Waals surface area contributed by atoms with E-state index in [0.29, 0.717) is 16.9 Å². The van der Waals surface area contributed by atoms with Crippen LogP contribution in [0.4, 0.5) is 0 Å². The molecule has 2 N–H and O–H groups in total. The van der Waals surface area contributed by atoms with Crippen molar-refractivity contribution in [1.82, 2.24) is 0 Å². The van der Waals surface area contributed by atoms with Crippen molar-refractivity contribution >= 4 is 13.8 Å². The average Bonchev–Trinajstić information content (AvgIpc) is 2.38. The molecule has 0 spiro atoms. The Morgan fingerprint density at radius 3 is 2.29 bits per heavy atom. The van der Waals surface area contributed by atoms with Gasteiger partial charge in [0.15, 0.2) is 6.10 Å². The molecule has 0 amide bonds. The molecule has 1 rings (SSSR count). The van der Waals surface area contributed by atoms with E-state index < -0.39 is 24.3 Å². The summed E-state index contributed by atoms with van der Waals surface area (Å²) in [6, 6.07) is 0. The van der Waals surface area contributed by atoms with Crippen molar-refractivity contribution in [1.29, 1.82) is 0 Å². The van der Waals surface area contributed by atoms with Crippen LogP contribution < -0.4 is 0 Å². The van der Waals surface area contributed by atoms with Crippen LogP contribution in [0, 0.1) is 0 Å². The number of hydrogen-bond acceptors (Lipinski definition) is 5. The molecule has 0 aromatic carbocycles. The highest BCUT2D eigenvalue weighted by Gasteiger charge is 2.39. The Kier molecular flexibility index (Phi) is 5.81. The summed E-state index contributed by atoms with van der Waals surface area (Å²) in [5.74, 6) is -0.185. The smallest absolute Gasteiger partial charge is 0.333 e. The van der Waals surface area contributed by atoms with Crippen molar-refractivity contribution in [3.8, 4) is 0 Å². The molecule has 0 bridgehead atoms. The molecule has 1 aliphatic heterocycles. The maximum Gasteiger partial charge on any atom is 0.333 e. The number of esters is 1. The molecule has 3 atom stereocenters. The van der Waals surface area contributed by atoms with E-state index in [1.54, 1.807) is 21.7 Å². The zero-order chi connectivity index (χ0) is 16.3. The summed E-state index contributed by atoms with van der Waals surface area (Å²) in [6.45, 7) is 10.5. The van der Waals surface area contributed by atoms with Crippen molar-refractivity contribution < 1.29 is 24.5 Å². The lowest BCUT2D eigenvalue weighted by molar-refractivity contribution is -0.143. The summed E-state index contributed by atoms with van der Waals surface area (Å²) in [5, 5.41) is 20.4. The topological polar surface area (TPSA) is 76.0 Å². The molecule has 0 saturated carbocycles. The summed E-state index contributed by atoms with van der Waals surface area (Å²) >= 11 is 0. The minimum Gasteiger partial charge on any atom is -0.485 e. The van der Waals surface area contributed by atoms with Crippen LogP contribution in [0.2, 0.25) is 0 Å². The number of allylic oxidation sites excluding steroid dienone is 2. The van der Waals surface area contributed by atoms with Crippen LogP contribution in [-0.2, 0) is 14.3 Å². The van der Waals surface area contributed by atoms with Gasteiger partial charge in [-0.15, -0.1) is 0 Å². The fraction of sp³-hybridized carbons (Fsp3) is 0.533. The van der Waals surface area contributed by atoms with Gasteiger partial charge >= 0.3 is 5.97 Å². The van der Waals surface area contributed by atoms with Gasteiger partial charge in [0, 0.05) is 11.1 Å². The summed E-state index contributed by atoms with van der Waals surface area (Å²) < 4.78 is 10.9. The highest BCUT2D eigenvalue weighted by Crippen LogP contribution is 2.31. The van der Waals surface area contributed by atoms with E-state index in [2.05, 4.69) is 6.58 Å². The van der Waals surface area contributed by atoms with E-state index in [0.717, 1.165) is 11.0 Å². The van der Waals surface area contributed by atoms with Crippen LogP contribution in [0.3, 0.4) is 0 Å². The van der Waals surface area contributed by atoms with E-state index in [1.165, 1.54) is 0 Å². The van der Waals surface area contributed by atoms with Gasteiger partial charge in [-0.1, -0.05) is 17.6 Å². The molecule has 1 aliphatic rings. The standard InChI is InChI=1S/C15H23BO5/c1-7(2)11-10(6-20-15(19)8(3)4)21-14(9(5)16)13(18)12(11)17/h10,12-13,17-18H,3,6,16H2,1-2,4-5H3/b14-9+.